The summed E-state index contributed by atoms with van der Waals surface area (Å²) in [7, 11) is 0. The van der Waals surface area contributed by atoms with Crippen LogP contribution in [0.4, 0.5) is 0 Å². The molecule has 6 heteroatoms. The number of hydrogen-bond acceptors (Lipinski definition) is 5. The van der Waals surface area contributed by atoms with E-state index < -0.39 is 5.97 Å². The highest BCUT2D eigenvalue weighted by Crippen LogP contribution is 2.35. The fraction of sp³-hybridized carbons (Fsp3) is 0.565. The van der Waals surface area contributed by atoms with Crippen LogP contribution >= 0.6 is 0 Å². The van der Waals surface area contributed by atoms with E-state index in [2.05, 4.69) is 0 Å². The van der Waals surface area contributed by atoms with Gasteiger partial charge in [0.25, 0.3) is 5.91 Å². The molecule has 4 rings (SSSR count). The number of fused-ring (bicyclic) bond motifs is 2. The molecule has 1 aromatic carbocycles. The van der Waals surface area contributed by atoms with Crippen LogP contribution in [0.5, 0.6) is 0 Å². The standard InChI is InChI=1S/C23H29NO5/c1-2-27-14-18-17-10-4-6-12-20(17)29-22(18)23(26)28-15-21(25)24-13-7-9-16-8-3-5-11-19(16)24/h4,6,10,12,16,19H,2-3,5,7-9,11,13-15H2,1H3/t16-,19+/m1/s1. The Morgan fingerprint density at radius 3 is 2.79 bits per heavy atom. The minimum Gasteiger partial charge on any atom is -0.450 e. The highest BCUT2D eigenvalue weighted by molar-refractivity contribution is 5.96. The van der Waals surface area contributed by atoms with Gasteiger partial charge in [-0.15, -0.1) is 0 Å². The number of likely N-dealkylation sites (tertiary alicyclic amines) is 1. The van der Waals surface area contributed by atoms with Gasteiger partial charge in [0.1, 0.15) is 5.58 Å². The lowest BCUT2D eigenvalue weighted by atomic mass is 9.78. The molecule has 0 N–H and O–H groups in total. The van der Waals surface area contributed by atoms with Crippen molar-refractivity contribution < 1.29 is 23.5 Å². The van der Waals surface area contributed by atoms with Gasteiger partial charge in [0.15, 0.2) is 6.61 Å². The summed E-state index contributed by atoms with van der Waals surface area (Å²) in [6.07, 6.45) is 6.93. The van der Waals surface area contributed by atoms with Crippen molar-refractivity contribution in [2.24, 2.45) is 5.92 Å². The molecule has 1 aliphatic carbocycles. The lowest BCUT2D eigenvalue weighted by Gasteiger charge is -2.44. The Morgan fingerprint density at radius 1 is 1.14 bits per heavy atom. The van der Waals surface area contributed by atoms with Crippen molar-refractivity contribution in [3.05, 3.63) is 35.6 Å². The fourth-order valence-corrected chi connectivity index (χ4v) is 4.82. The van der Waals surface area contributed by atoms with Gasteiger partial charge in [-0.1, -0.05) is 31.0 Å². The smallest absolute Gasteiger partial charge is 0.375 e. The van der Waals surface area contributed by atoms with Crippen molar-refractivity contribution in [3.8, 4) is 0 Å². The molecule has 0 unspecified atom stereocenters. The van der Waals surface area contributed by atoms with Crippen LogP contribution in [0.3, 0.4) is 0 Å². The highest BCUT2D eigenvalue weighted by atomic mass is 16.5. The van der Waals surface area contributed by atoms with Gasteiger partial charge in [0.2, 0.25) is 5.76 Å². The number of ether oxygens (including phenoxy) is 2. The van der Waals surface area contributed by atoms with Crippen LogP contribution in [0.1, 0.15) is 61.6 Å². The van der Waals surface area contributed by atoms with Gasteiger partial charge in [-0.3, -0.25) is 4.79 Å². The third-order valence-electron chi connectivity index (χ3n) is 6.22. The van der Waals surface area contributed by atoms with E-state index >= 15 is 0 Å². The summed E-state index contributed by atoms with van der Waals surface area (Å²) in [6, 6.07) is 7.76. The van der Waals surface area contributed by atoms with E-state index in [9.17, 15) is 9.59 Å². The predicted octanol–water partition coefficient (Wildman–Crippen LogP) is 4.31. The van der Waals surface area contributed by atoms with E-state index in [0.29, 0.717) is 29.7 Å². The summed E-state index contributed by atoms with van der Waals surface area (Å²) in [5, 5.41) is 0.834. The first-order valence-electron chi connectivity index (χ1n) is 10.7. The molecule has 2 fully saturated rings. The Kier molecular flexibility index (Phi) is 6.19. The van der Waals surface area contributed by atoms with Crippen LogP contribution in [0.15, 0.2) is 28.7 Å². The number of piperidine rings is 1. The molecular weight excluding hydrogens is 370 g/mol. The number of hydrogen-bond donors (Lipinski definition) is 0. The topological polar surface area (TPSA) is 69.0 Å². The normalized spacial score (nSPS) is 21.8. The highest BCUT2D eigenvalue weighted by Gasteiger charge is 2.36. The van der Waals surface area contributed by atoms with Crippen LogP contribution in [-0.4, -0.2) is 42.6 Å². The van der Waals surface area contributed by atoms with Crippen molar-refractivity contribution >= 4 is 22.8 Å². The van der Waals surface area contributed by atoms with E-state index in [1.54, 1.807) is 0 Å². The first-order valence-corrected chi connectivity index (χ1v) is 10.7. The molecule has 0 spiro atoms. The van der Waals surface area contributed by atoms with Crippen LogP contribution in [-0.2, 0) is 20.9 Å². The van der Waals surface area contributed by atoms with Gasteiger partial charge in [0, 0.05) is 30.1 Å². The van der Waals surface area contributed by atoms with E-state index in [4.69, 9.17) is 13.9 Å². The van der Waals surface area contributed by atoms with Crippen molar-refractivity contribution in [2.45, 2.75) is 58.1 Å². The molecule has 2 heterocycles. The summed E-state index contributed by atoms with van der Waals surface area (Å²) >= 11 is 0. The summed E-state index contributed by atoms with van der Waals surface area (Å²) in [6.45, 7) is 3.22. The number of rotatable bonds is 6. The summed E-state index contributed by atoms with van der Waals surface area (Å²) in [5.41, 5.74) is 1.28. The molecule has 1 aromatic heterocycles. The third-order valence-corrected chi connectivity index (χ3v) is 6.22. The zero-order valence-electron chi connectivity index (χ0n) is 17.0. The zero-order chi connectivity index (χ0) is 20.2. The molecular formula is C23H29NO5. The molecule has 0 bridgehead atoms. The van der Waals surface area contributed by atoms with E-state index in [0.717, 1.165) is 24.8 Å². The van der Waals surface area contributed by atoms with Crippen LogP contribution in [0.2, 0.25) is 0 Å². The Hall–Kier alpha value is -2.34. The molecule has 6 nitrogen and oxygen atoms in total. The number of amides is 1. The molecule has 2 aromatic rings. The molecule has 156 valence electrons. The lowest BCUT2D eigenvalue weighted by Crippen LogP contribution is -2.50. The monoisotopic (exact) mass is 399 g/mol. The molecule has 1 aliphatic heterocycles. The number of esters is 1. The van der Waals surface area contributed by atoms with E-state index in [1.807, 2.05) is 36.1 Å². The quantitative estimate of drug-likeness (QED) is 0.677. The maximum absolute atomic E-state index is 12.8. The van der Waals surface area contributed by atoms with Gasteiger partial charge >= 0.3 is 5.97 Å². The van der Waals surface area contributed by atoms with Crippen molar-refractivity contribution in [2.75, 3.05) is 19.8 Å². The first-order chi connectivity index (χ1) is 14.2. The minimum atomic E-state index is -0.610. The lowest BCUT2D eigenvalue weighted by molar-refractivity contribution is -0.140. The average Bonchev–Trinajstić information content (AvgIpc) is 3.14. The van der Waals surface area contributed by atoms with E-state index in [-0.39, 0.29) is 24.9 Å². The summed E-state index contributed by atoms with van der Waals surface area (Å²) in [4.78, 5) is 27.5. The largest absolute Gasteiger partial charge is 0.450 e. The van der Waals surface area contributed by atoms with Crippen LogP contribution in [0.25, 0.3) is 11.0 Å². The Balaban J connectivity index is 1.45. The zero-order valence-corrected chi connectivity index (χ0v) is 17.0. The van der Waals surface area contributed by atoms with Gasteiger partial charge in [-0.25, -0.2) is 4.79 Å². The maximum atomic E-state index is 12.8. The number of carbonyl (C=O) groups excluding carboxylic acids is 2. The molecule has 29 heavy (non-hydrogen) atoms. The van der Waals surface area contributed by atoms with Crippen molar-refractivity contribution in [1.82, 2.24) is 4.90 Å². The SMILES string of the molecule is CCOCc1c(C(=O)OCC(=O)N2CCC[C@H]3CCCC[C@@H]32)oc2ccccc12. The minimum absolute atomic E-state index is 0.0996. The number of benzene rings is 1. The molecule has 2 atom stereocenters. The van der Waals surface area contributed by atoms with Crippen LogP contribution < -0.4 is 0 Å². The number of carbonyl (C=O) groups is 2. The third kappa shape index (κ3) is 4.17. The molecule has 1 saturated carbocycles. The van der Waals surface area contributed by atoms with Crippen LogP contribution in [0, 0.1) is 5.92 Å². The predicted molar refractivity (Wildman–Crippen MR) is 109 cm³/mol. The Morgan fingerprint density at radius 2 is 1.93 bits per heavy atom. The molecule has 1 amide bonds. The van der Waals surface area contributed by atoms with Gasteiger partial charge in [-0.2, -0.15) is 0 Å². The Bertz CT molecular complexity index is 871. The van der Waals surface area contributed by atoms with Crippen molar-refractivity contribution in [3.63, 3.8) is 0 Å². The average molecular weight is 399 g/mol. The molecule has 2 aliphatic rings. The van der Waals surface area contributed by atoms with Gasteiger partial charge < -0.3 is 18.8 Å². The maximum Gasteiger partial charge on any atom is 0.375 e. The first kappa shape index (κ1) is 20.0. The van der Waals surface area contributed by atoms with Gasteiger partial charge in [-0.05, 0) is 44.6 Å². The summed E-state index contributed by atoms with van der Waals surface area (Å²) < 4.78 is 16.6. The number of nitrogens with zero attached hydrogens (tertiary/aromatic N) is 1. The van der Waals surface area contributed by atoms with E-state index in [1.165, 1.54) is 25.7 Å². The fourth-order valence-electron chi connectivity index (χ4n) is 4.82. The van der Waals surface area contributed by atoms with Crippen molar-refractivity contribution in [1.29, 1.82) is 0 Å². The van der Waals surface area contributed by atoms with Gasteiger partial charge in [0.05, 0.1) is 6.61 Å². The second kappa shape index (κ2) is 8.99. The summed E-state index contributed by atoms with van der Waals surface area (Å²) in [5.74, 6) is 0.0193. The Labute approximate surface area is 171 Å². The molecule has 0 radical (unpaired) electrons. The second-order valence-corrected chi connectivity index (χ2v) is 7.96. The second-order valence-electron chi connectivity index (χ2n) is 7.96. The molecule has 1 saturated heterocycles. The number of para-hydroxylation sites is 1. The number of furan rings is 1.